The Balaban J connectivity index is 2.14. The van der Waals surface area contributed by atoms with Crippen molar-refractivity contribution in [2.75, 3.05) is 5.73 Å². The molecule has 94 valence electrons. The van der Waals surface area contributed by atoms with Gasteiger partial charge in [-0.15, -0.1) is 0 Å². The van der Waals surface area contributed by atoms with Crippen LogP contribution in [-0.4, -0.2) is 0 Å². The van der Waals surface area contributed by atoms with Crippen molar-refractivity contribution in [3.63, 3.8) is 0 Å². The smallest absolute Gasteiger partial charge is 0.122 e. The van der Waals surface area contributed by atoms with Gasteiger partial charge in [0.1, 0.15) is 12.4 Å². The van der Waals surface area contributed by atoms with E-state index in [1.165, 1.54) is 5.56 Å². The molecular formula is C15H16BrNO. The van der Waals surface area contributed by atoms with Crippen molar-refractivity contribution >= 4 is 21.6 Å². The summed E-state index contributed by atoms with van der Waals surface area (Å²) >= 11 is 3.48. The third-order valence-corrected chi connectivity index (χ3v) is 3.79. The van der Waals surface area contributed by atoms with Crippen molar-refractivity contribution in [1.29, 1.82) is 0 Å². The van der Waals surface area contributed by atoms with Gasteiger partial charge in [-0.2, -0.15) is 0 Å². The van der Waals surface area contributed by atoms with Gasteiger partial charge in [0.25, 0.3) is 0 Å². The average Bonchev–Trinajstić information content (AvgIpc) is 2.33. The van der Waals surface area contributed by atoms with E-state index in [4.69, 9.17) is 10.5 Å². The standard InChI is InChI=1S/C15H16BrNO/c1-10-6-7-14(11(2)8-10)18-9-12-4-3-5-13(17)15(12)16/h3-8H,9,17H2,1-2H3. The van der Waals surface area contributed by atoms with Gasteiger partial charge < -0.3 is 10.5 Å². The van der Waals surface area contributed by atoms with Crippen LogP contribution in [-0.2, 0) is 6.61 Å². The number of nitrogens with two attached hydrogens (primary N) is 1. The summed E-state index contributed by atoms with van der Waals surface area (Å²) in [4.78, 5) is 0. The maximum atomic E-state index is 5.84. The largest absolute Gasteiger partial charge is 0.489 e. The zero-order chi connectivity index (χ0) is 13.1. The van der Waals surface area contributed by atoms with Crippen molar-refractivity contribution < 1.29 is 4.74 Å². The Morgan fingerprint density at radius 2 is 1.94 bits per heavy atom. The van der Waals surface area contributed by atoms with Crippen LogP contribution in [0, 0.1) is 13.8 Å². The predicted octanol–water partition coefficient (Wildman–Crippen LogP) is 4.23. The van der Waals surface area contributed by atoms with Crippen LogP contribution in [0.3, 0.4) is 0 Å². The van der Waals surface area contributed by atoms with Crippen LogP contribution in [0.1, 0.15) is 16.7 Å². The molecule has 0 aliphatic rings. The number of rotatable bonds is 3. The molecule has 0 spiro atoms. The van der Waals surface area contributed by atoms with Crippen LogP contribution in [0.5, 0.6) is 5.75 Å². The van der Waals surface area contributed by atoms with E-state index in [2.05, 4.69) is 41.9 Å². The minimum atomic E-state index is 0.509. The van der Waals surface area contributed by atoms with E-state index >= 15 is 0 Å². The van der Waals surface area contributed by atoms with E-state index < -0.39 is 0 Å². The fourth-order valence-electron chi connectivity index (χ4n) is 1.83. The molecule has 0 amide bonds. The van der Waals surface area contributed by atoms with Crippen molar-refractivity contribution in [2.45, 2.75) is 20.5 Å². The molecule has 18 heavy (non-hydrogen) atoms. The molecule has 0 radical (unpaired) electrons. The van der Waals surface area contributed by atoms with Gasteiger partial charge >= 0.3 is 0 Å². The minimum Gasteiger partial charge on any atom is -0.489 e. The Labute approximate surface area is 116 Å². The molecular weight excluding hydrogens is 290 g/mol. The number of aryl methyl sites for hydroxylation is 2. The van der Waals surface area contributed by atoms with Crippen LogP contribution in [0.4, 0.5) is 5.69 Å². The first-order chi connectivity index (χ1) is 8.58. The molecule has 0 heterocycles. The second-order valence-corrected chi connectivity index (χ2v) is 5.17. The molecule has 0 aliphatic carbocycles. The molecule has 2 aromatic carbocycles. The van der Waals surface area contributed by atoms with E-state index in [9.17, 15) is 0 Å². The van der Waals surface area contributed by atoms with Crippen molar-refractivity contribution in [3.8, 4) is 5.75 Å². The van der Waals surface area contributed by atoms with Gasteiger partial charge in [-0.25, -0.2) is 0 Å². The lowest BCUT2D eigenvalue weighted by molar-refractivity contribution is 0.303. The van der Waals surface area contributed by atoms with Crippen LogP contribution < -0.4 is 10.5 Å². The Morgan fingerprint density at radius 1 is 1.17 bits per heavy atom. The van der Waals surface area contributed by atoms with Crippen LogP contribution in [0.15, 0.2) is 40.9 Å². The molecule has 0 saturated carbocycles. The lowest BCUT2D eigenvalue weighted by Crippen LogP contribution is -1.99. The summed E-state index contributed by atoms with van der Waals surface area (Å²) in [6.45, 7) is 4.64. The number of nitrogen functional groups attached to an aromatic ring is 1. The summed E-state index contributed by atoms with van der Waals surface area (Å²) in [5.74, 6) is 0.912. The highest BCUT2D eigenvalue weighted by molar-refractivity contribution is 9.10. The number of benzene rings is 2. The monoisotopic (exact) mass is 305 g/mol. The molecule has 2 nitrogen and oxygen atoms in total. The van der Waals surface area contributed by atoms with Crippen LogP contribution in [0.25, 0.3) is 0 Å². The fourth-order valence-corrected chi connectivity index (χ4v) is 2.21. The predicted molar refractivity (Wildman–Crippen MR) is 78.8 cm³/mol. The van der Waals surface area contributed by atoms with Gasteiger partial charge in [0.05, 0.1) is 0 Å². The van der Waals surface area contributed by atoms with E-state index in [0.717, 1.165) is 27.0 Å². The molecule has 0 unspecified atom stereocenters. The van der Waals surface area contributed by atoms with E-state index in [0.29, 0.717) is 6.61 Å². The maximum absolute atomic E-state index is 5.84. The first kappa shape index (κ1) is 13.0. The molecule has 0 saturated heterocycles. The van der Waals surface area contributed by atoms with E-state index in [1.807, 2.05) is 24.3 Å². The van der Waals surface area contributed by atoms with E-state index in [-0.39, 0.29) is 0 Å². The molecule has 0 bridgehead atoms. The molecule has 0 aromatic heterocycles. The Hall–Kier alpha value is -1.48. The van der Waals surface area contributed by atoms with Crippen molar-refractivity contribution in [3.05, 3.63) is 57.6 Å². The Kier molecular flexibility index (Phi) is 3.92. The summed E-state index contributed by atoms with van der Waals surface area (Å²) < 4.78 is 6.74. The number of halogens is 1. The zero-order valence-electron chi connectivity index (χ0n) is 10.5. The second-order valence-electron chi connectivity index (χ2n) is 4.38. The van der Waals surface area contributed by atoms with Crippen molar-refractivity contribution in [2.24, 2.45) is 0 Å². The summed E-state index contributed by atoms with van der Waals surface area (Å²) in [6, 6.07) is 12.0. The molecule has 0 atom stereocenters. The lowest BCUT2D eigenvalue weighted by atomic mass is 10.1. The number of hydrogen-bond donors (Lipinski definition) is 1. The molecule has 0 aliphatic heterocycles. The normalized spacial score (nSPS) is 10.4. The fraction of sp³-hybridized carbons (Fsp3) is 0.200. The first-order valence-corrected chi connectivity index (χ1v) is 6.60. The number of anilines is 1. The topological polar surface area (TPSA) is 35.2 Å². The maximum Gasteiger partial charge on any atom is 0.122 e. The second kappa shape index (κ2) is 5.44. The van der Waals surface area contributed by atoms with Gasteiger partial charge in [0.15, 0.2) is 0 Å². The Bertz CT molecular complexity index is 566. The van der Waals surface area contributed by atoms with Gasteiger partial charge in [-0.1, -0.05) is 29.8 Å². The van der Waals surface area contributed by atoms with Gasteiger partial charge in [0, 0.05) is 15.7 Å². The lowest BCUT2D eigenvalue weighted by Gasteiger charge is -2.11. The van der Waals surface area contributed by atoms with Gasteiger partial charge in [0.2, 0.25) is 0 Å². The summed E-state index contributed by atoms with van der Waals surface area (Å²) in [6.07, 6.45) is 0. The molecule has 2 rings (SSSR count). The summed E-state index contributed by atoms with van der Waals surface area (Å²) in [5.41, 5.74) is 10.0. The highest BCUT2D eigenvalue weighted by Gasteiger charge is 2.05. The molecule has 2 N–H and O–H groups in total. The van der Waals surface area contributed by atoms with Gasteiger partial charge in [-0.05, 0) is 47.5 Å². The average molecular weight is 306 g/mol. The minimum absolute atomic E-state index is 0.509. The van der Waals surface area contributed by atoms with E-state index in [1.54, 1.807) is 0 Å². The Morgan fingerprint density at radius 3 is 2.67 bits per heavy atom. The molecule has 2 aromatic rings. The van der Waals surface area contributed by atoms with Crippen LogP contribution in [0.2, 0.25) is 0 Å². The van der Waals surface area contributed by atoms with Crippen molar-refractivity contribution in [1.82, 2.24) is 0 Å². The quantitative estimate of drug-likeness (QED) is 0.861. The third-order valence-electron chi connectivity index (χ3n) is 2.82. The highest BCUT2D eigenvalue weighted by Crippen LogP contribution is 2.26. The molecule has 0 fully saturated rings. The highest BCUT2D eigenvalue weighted by atomic mass is 79.9. The SMILES string of the molecule is Cc1ccc(OCc2cccc(N)c2Br)c(C)c1. The third kappa shape index (κ3) is 2.85. The molecule has 3 heteroatoms. The number of ether oxygens (including phenoxy) is 1. The van der Waals surface area contributed by atoms with Gasteiger partial charge in [-0.3, -0.25) is 0 Å². The van der Waals surface area contributed by atoms with Crippen LogP contribution >= 0.6 is 15.9 Å². The summed E-state index contributed by atoms with van der Waals surface area (Å²) in [7, 11) is 0. The summed E-state index contributed by atoms with van der Waals surface area (Å²) in [5, 5.41) is 0. The number of hydrogen-bond acceptors (Lipinski definition) is 2. The first-order valence-electron chi connectivity index (χ1n) is 5.81. The zero-order valence-corrected chi connectivity index (χ0v) is 12.1.